The van der Waals surface area contributed by atoms with Crippen molar-refractivity contribution in [3.8, 4) is 34.3 Å². The Morgan fingerprint density at radius 2 is 1.51 bits per heavy atom. The first-order chi connectivity index (χ1) is 24.1. The molecule has 0 radical (unpaired) electrons. The van der Waals surface area contributed by atoms with Crippen LogP contribution in [0.4, 0.5) is 0 Å². The highest BCUT2D eigenvalue weighted by Crippen LogP contribution is 2.39. The molecule has 51 heavy (non-hydrogen) atoms. The zero-order valence-corrected chi connectivity index (χ0v) is 27.9. The molecule has 7 N–H and O–H groups in total. The number of hydrogen-bond donors (Lipinski definition) is 7. The van der Waals surface area contributed by atoms with E-state index < -0.39 is 108 Å². The molecule has 0 spiro atoms. The van der Waals surface area contributed by atoms with Gasteiger partial charge in [0.05, 0.1) is 18.6 Å². The normalized spacial score (nSPS) is 30.0. The lowest BCUT2D eigenvalue weighted by Crippen LogP contribution is -2.61. The van der Waals surface area contributed by atoms with Crippen LogP contribution in [-0.4, -0.2) is 116 Å². The monoisotopic (exact) mass is 720 g/mol. The summed E-state index contributed by atoms with van der Waals surface area (Å²) in [7, 11) is 0. The van der Waals surface area contributed by atoms with E-state index >= 15 is 0 Å². The molecule has 17 heteroatoms. The largest absolute Gasteiger partial charge is 0.508 e. The van der Waals surface area contributed by atoms with Crippen LogP contribution in [-0.2, 0) is 28.5 Å². The fourth-order valence-electron chi connectivity index (χ4n) is 5.62. The number of phenols is 2. The van der Waals surface area contributed by atoms with Gasteiger partial charge in [-0.2, -0.15) is 0 Å². The second kappa shape index (κ2) is 15.4. The molecule has 2 saturated heterocycles. The van der Waals surface area contributed by atoms with E-state index in [1.54, 1.807) is 13.8 Å². The van der Waals surface area contributed by atoms with E-state index in [-0.39, 0.29) is 28.4 Å². The summed E-state index contributed by atoms with van der Waals surface area (Å²) in [4.78, 5) is 38.2. The van der Waals surface area contributed by atoms with E-state index in [1.165, 1.54) is 37.3 Å². The van der Waals surface area contributed by atoms with Crippen LogP contribution in [0.3, 0.4) is 0 Å². The fraction of sp³-hybridized carbons (Fsp3) is 0.500. The van der Waals surface area contributed by atoms with Gasteiger partial charge in [0.25, 0.3) is 0 Å². The summed E-state index contributed by atoms with van der Waals surface area (Å²) >= 11 is 0. The molecule has 0 unspecified atom stereocenters. The van der Waals surface area contributed by atoms with Crippen molar-refractivity contribution in [2.24, 2.45) is 5.92 Å². The summed E-state index contributed by atoms with van der Waals surface area (Å²) in [6.07, 6.45) is -14.9. The van der Waals surface area contributed by atoms with Crippen molar-refractivity contribution >= 4 is 22.9 Å². The average Bonchev–Trinajstić information content (AvgIpc) is 3.09. The molecule has 0 aliphatic carbocycles. The van der Waals surface area contributed by atoms with E-state index in [9.17, 15) is 50.1 Å². The highest BCUT2D eigenvalue weighted by molar-refractivity contribution is 5.88. The highest BCUT2D eigenvalue weighted by atomic mass is 16.7. The van der Waals surface area contributed by atoms with Crippen LogP contribution in [0, 0.1) is 5.92 Å². The summed E-state index contributed by atoms with van der Waals surface area (Å²) in [5, 5.41) is 73.4. The molecule has 2 aliphatic rings. The number of aliphatic hydroxyl groups is 5. The Bertz CT molecular complexity index is 1770. The molecule has 3 aromatic rings. The smallest absolute Gasteiger partial charge is 0.309 e. The number of rotatable bonds is 10. The number of phenolic OH excluding ortho intramolecular Hbond substituents is 2. The summed E-state index contributed by atoms with van der Waals surface area (Å²) < 4.78 is 39.3. The van der Waals surface area contributed by atoms with Crippen molar-refractivity contribution in [1.29, 1.82) is 0 Å². The Kier molecular flexibility index (Phi) is 11.4. The van der Waals surface area contributed by atoms with Crippen molar-refractivity contribution in [2.45, 2.75) is 95.5 Å². The average molecular weight is 721 g/mol. The molecule has 0 bridgehead atoms. The molecular weight excluding hydrogens is 680 g/mol. The van der Waals surface area contributed by atoms with Crippen molar-refractivity contribution in [3.63, 3.8) is 0 Å². The standard InChI is InChI=1S/C34H40O17/c1-5-13(2)32(44)50-29-23(39)14(3)45-33(26(29)42)47-18-10-19(38)22-20(11-18)48-28(16-6-8-17(37)9-7-16)31(25(22)41)51-34-27(43)30(46-15(4)36)24(40)21(12-35)49-34/h6-11,13-14,21,23-24,26-27,29-30,33-35,37-40,42-43H,5,12H2,1-4H3/t13-,14+,21-,23+,24-,26-,27-,29-,30+,33+,34+/m1/s1. The van der Waals surface area contributed by atoms with Crippen molar-refractivity contribution < 1.29 is 78.2 Å². The quantitative estimate of drug-likeness (QED) is 0.140. The molecule has 2 fully saturated rings. The predicted molar refractivity (Wildman–Crippen MR) is 172 cm³/mol. The Hall–Kier alpha value is -4.49. The SMILES string of the molecule is CC[C@@H](C)C(=O)O[C@@H]1[C@@H](O)[C@H](C)O[C@@H](Oc2cc(O)c3c(=O)c(O[C@@H]4O[C@H](CO)[C@@H](O)[C@H](OC(C)=O)[C@H]4O)c(-c4ccc(O)cc4)oc3c2)[C@@H]1O. The molecule has 0 saturated carbocycles. The van der Waals surface area contributed by atoms with Gasteiger partial charge in [-0.25, -0.2) is 0 Å². The molecule has 5 rings (SSSR count). The van der Waals surface area contributed by atoms with Gasteiger partial charge in [-0.3, -0.25) is 14.4 Å². The lowest BCUT2D eigenvalue weighted by Gasteiger charge is -2.41. The number of aromatic hydroxyl groups is 2. The van der Waals surface area contributed by atoms with Gasteiger partial charge in [0.15, 0.2) is 30.2 Å². The second-order valence-electron chi connectivity index (χ2n) is 12.4. The third-order valence-corrected chi connectivity index (χ3v) is 8.69. The zero-order valence-electron chi connectivity index (χ0n) is 27.9. The van der Waals surface area contributed by atoms with Crippen LogP contribution >= 0.6 is 0 Å². The van der Waals surface area contributed by atoms with Crippen LogP contribution in [0.2, 0.25) is 0 Å². The molecular formula is C34H40O17. The number of carbonyl (C=O) groups is 2. The van der Waals surface area contributed by atoms with Crippen molar-refractivity contribution in [2.75, 3.05) is 6.61 Å². The van der Waals surface area contributed by atoms with E-state index in [2.05, 4.69) is 0 Å². The highest BCUT2D eigenvalue weighted by Gasteiger charge is 2.49. The van der Waals surface area contributed by atoms with Gasteiger partial charge in [0, 0.05) is 24.6 Å². The maximum Gasteiger partial charge on any atom is 0.309 e. The minimum atomic E-state index is -1.88. The number of carbonyl (C=O) groups excluding carboxylic acids is 2. The van der Waals surface area contributed by atoms with Gasteiger partial charge in [-0.05, 0) is 37.6 Å². The minimum Gasteiger partial charge on any atom is -0.508 e. The number of ether oxygens (including phenoxy) is 6. The third-order valence-electron chi connectivity index (χ3n) is 8.69. The minimum absolute atomic E-state index is 0.133. The molecule has 3 heterocycles. The van der Waals surface area contributed by atoms with Crippen LogP contribution in [0.5, 0.6) is 23.0 Å². The summed E-state index contributed by atoms with van der Waals surface area (Å²) in [6, 6.07) is 7.50. The van der Waals surface area contributed by atoms with Crippen LogP contribution in [0.15, 0.2) is 45.6 Å². The van der Waals surface area contributed by atoms with Crippen molar-refractivity contribution in [1.82, 2.24) is 0 Å². The number of fused-ring (bicyclic) bond motifs is 1. The molecule has 2 aliphatic heterocycles. The number of esters is 2. The van der Waals surface area contributed by atoms with Crippen LogP contribution in [0.1, 0.15) is 34.1 Å². The number of aliphatic hydroxyl groups excluding tert-OH is 5. The first-order valence-electron chi connectivity index (χ1n) is 16.1. The fourth-order valence-corrected chi connectivity index (χ4v) is 5.62. The molecule has 2 aromatic carbocycles. The maximum absolute atomic E-state index is 14.0. The predicted octanol–water partition coefficient (Wildman–Crippen LogP) is 0.424. The Balaban J connectivity index is 1.54. The Morgan fingerprint density at radius 1 is 0.882 bits per heavy atom. The third kappa shape index (κ3) is 7.74. The van der Waals surface area contributed by atoms with E-state index in [4.69, 9.17) is 32.8 Å². The van der Waals surface area contributed by atoms with Gasteiger partial charge in [0.1, 0.15) is 46.5 Å². The lowest BCUT2D eigenvalue weighted by atomic mass is 9.99. The summed E-state index contributed by atoms with van der Waals surface area (Å²) in [5.74, 6) is -3.93. The summed E-state index contributed by atoms with van der Waals surface area (Å²) in [6.45, 7) is 5.13. The molecule has 17 nitrogen and oxygen atoms in total. The molecule has 278 valence electrons. The van der Waals surface area contributed by atoms with Gasteiger partial charge in [0.2, 0.25) is 23.8 Å². The Morgan fingerprint density at radius 3 is 2.12 bits per heavy atom. The van der Waals surface area contributed by atoms with E-state index in [0.717, 1.165) is 13.0 Å². The first kappa shape index (κ1) is 37.8. The van der Waals surface area contributed by atoms with E-state index in [0.29, 0.717) is 6.42 Å². The lowest BCUT2D eigenvalue weighted by molar-refractivity contribution is -0.281. The number of benzene rings is 2. The van der Waals surface area contributed by atoms with Gasteiger partial charge >= 0.3 is 11.9 Å². The zero-order chi connectivity index (χ0) is 37.3. The Labute approximate surface area is 290 Å². The topological polar surface area (TPSA) is 261 Å². The molecule has 0 amide bonds. The molecule has 1 aromatic heterocycles. The summed E-state index contributed by atoms with van der Waals surface area (Å²) in [5.41, 5.74) is -1.10. The van der Waals surface area contributed by atoms with Gasteiger partial charge < -0.3 is 68.6 Å². The molecule has 11 atom stereocenters. The number of hydrogen-bond acceptors (Lipinski definition) is 17. The van der Waals surface area contributed by atoms with Crippen LogP contribution in [0.25, 0.3) is 22.3 Å². The maximum atomic E-state index is 14.0. The first-order valence-corrected chi connectivity index (χ1v) is 16.1. The van der Waals surface area contributed by atoms with Crippen LogP contribution < -0.4 is 14.9 Å². The van der Waals surface area contributed by atoms with Crippen molar-refractivity contribution in [3.05, 3.63) is 46.6 Å². The van der Waals surface area contributed by atoms with Gasteiger partial charge in [-0.15, -0.1) is 0 Å². The van der Waals surface area contributed by atoms with Gasteiger partial charge in [-0.1, -0.05) is 13.8 Å². The second-order valence-corrected chi connectivity index (χ2v) is 12.4. The van der Waals surface area contributed by atoms with E-state index in [1.807, 2.05) is 0 Å².